The first-order valence-corrected chi connectivity index (χ1v) is 7.89. The molecule has 0 spiro atoms. The highest BCUT2D eigenvalue weighted by atomic mass is 31.2. The first-order chi connectivity index (χ1) is 7.88. The molecule has 1 rings (SSSR count). The fraction of sp³-hybridized carbons (Fsp3) is 0.417. The van der Waals surface area contributed by atoms with Crippen molar-refractivity contribution in [3.63, 3.8) is 0 Å². The molecule has 1 unspecified atom stereocenters. The van der Waals surface area contributed by atoms with Gasteiger partial charge in [0.05, 0.1) is 13.7 Å². The van der Waals surface area contributed by atoms with E-state index in [1.54, 1.807) is 25.3 Å². The number of carboxylic acid groups (broad SMARTS) is 1. The number of benzene rings is 1. The number of carbonyl (C=O) groups is 1. The van der Waals surface area contributed by atoms with E-state index in [4.69, 9.17) is 4.74 Å². The summed E-state index contributed by atoms with van der Waals surface area (Å²) in [5.74, 6) is -1.05. The van der Waals surface area contributed by atoms with E-state index in [9.17, 15) is 14.5 Å². The van der Waals surface area contributed by atoms with Gasteiger partial charge in [-0.15, -0.1) is 0 Å². The van der Waals surface area contributed by atoms with Gasteiger partial charge in [0.1, 0.15) is 5.66 Å². The Morgan fingerprint density at radius 3 is 2.47 bits per heavy atom. The molecule has 17 heavy (non-hydrogen) atoms. The van der Waals surface area contributed by atoms with Crippen molar-refractivity contribution < 1.29 is 19.2 Å². The van der Waals surface area contributed by atoms with Crippen LogP contribution in [-0.2, 0) is 20.7 Å². The van der Waals surface area contributed by atoms with E-state index in [0.717, 1.165) is 5.56 Å². The lowest BCUT2D eigenvalue weighted by Gasteiger charge is -2.20. The molecule has 94 valence electrons. The number of hydrogen-bond donors (Lipinski definition) is 1. The van der Waals surface area contributed by atoms with Gasteiger partial charge in [0, 0.05) is 7.11 Å². The molecule has 0 aliphatic carbocycles. The van der Waals surface area contributed by atoms with Crippen molar-refractivity contribution in [2.75, 3.05) is 20.4 Å². The number of ether oxygens (including phenoxy) is 1. The summed E-state index contributed by atoms with van der Waals surface area (Å²) in [5, 5.41) is 9.24. The topological polar surface area (TPSA) is 63.6 Å². The molecule has 0 saturated heterocycles. The Bertz CT molecular complexity index is 450. The number of carboxylic acids is 1. The van der Waals surface area contributed by atoms with Crippen molar-refractivity contribution in [2.45, 2.75) is 12.3 Å². The van der Waals surface area contributed by atoms with E-state index in [0.29, 0.717) is 12.2 Å². The van der Waals surface area contributed by atoms with Gasteiger partial charge in [0.15, 0.2) is 0 Å². The summed E-state index contributed by atoms with van der Waals surface area (Å²) in [6, 6.07) is 7.06. The van der Waals surface area contributed by atoms with Crippen molar-refractivity contribution >= 4 is 13.1 Å². The van der Waals surface area contributed by atoms with Crippen LogP contribution >= 0.6 is 7.14 Å². The van der Waals surface area contributed by atoms with Crippen molar-refractivity contribution in [2.24, 2.45) is 0 Å². The molecular weight excluding hydrogens is 239 g/mol. The highest BCUT2D eigenvalue weighted by Gasteiger charge is 2.33. The van der Waals surface area contributed by atoms with E-state index in [1.165, 1.54) is 13.3 Å². The second kappa shape index (κ2) is 5.48. The lowest BCUT2D eigenvalue weighted by Crippen LogP contribution is -2.13. The maximum atomic E-state index is 12.1. The van der Waals surface area contributed by atoms with Gasteiger partial charge < -0.3 is 14.4 Å². The zero-order chi connectivity index (χ0) is 13.1. The molecule has 0 aliphatic heterocycles. The smallest absolute Gasteiger partial charge is 0.318 e. The van der Waals surface area contributed by atoms with Crippen LogP contribution < -0.4 is 0 Å². The minimum atomic E-state index is -2.76. The summed E-state index contributed by atoms with van der Waals surface area (Å²) < 4.78 is 17.1. The van der Waals surface area contributed by atoms with E-state index in [-0.39, 0.29) is 0 Å². The number of aliphatic carboxylic acids is 1. The summed E-state index contributed by atoms with van der Waals surface area (Å²) in [6.45, 7) is 3.31. The Hall–Kier alpha value is -1.12. The lowest BCUT2D eigenvalue weighted by atomic mass is 10.0. The van der Waals surface area contributed by atoms with Gasteiger partial charge >= 0.3 is 5.97 Å². The second-order valence-corrected chi connectivity index (χ2v) is 7.69. The zero-order valence-electron chi connectivity index (χ0n) is 10.2. The zero-order valence-corrected chi connectivity index (χ0v) is 11.1. The van der Waals surface area contributed by atoms with Crippen LogP contribution in [0.1, 0.15) is 16.8 Å². The van der Waals surface area contributed by atoms with Crippen molar-refractivity contribution in [1.29, 1.82) is 0 Å². The summed E-state index contributed by atoms with van der Waals surface area (Å²) in [7, 11) is -1.21. The Morgan fingerprint density at radius 1 is 1.41 bits per heavy atom. The van der Waals surface area contributed by atoms with Gasteiger partial charge in [-0.1, -0.05) is 24.3 Å². The first kappa shape index (κ1) is 13.9. The predicted molar refractivity (Wildman–Crippen MR) is 67.0 cm³/mol. The van der Waals surface area contributed by atoms with Crippen LogP contribution in [-0.4, -0.2) is 31.5 Å². The molecule has 0 radical (unpaired) electrons. The minimum Gasteiger partial charge on any atom is -0.480 e. The highest BCUT2D eigenvalue weighted by Crippen LogP contribution is 2.53. The maximum Gasteiger partial charge on any atom is 0.318 e. The van der Waals surface area contributed by atoms with Gasteiger partial charge in [-0.2, -0.15) is 0 Å². The predicted octanol–water partition coefficient (Wildman–Crippen LogP) is 2.58. The second-order valence-electron chi connectivity index (χ2n) is 4.31. The number of hydrogen-bond acceptors (Lipinski definition) is 3. The van der Waals surface area contributed by atoms with Crippen LogP contribution in [0, 0.1) is 0 Å². The fourth-order valence-electron chi connectivity index (χ4n) is 1.82. The molecule has 0 aromatic heterocycles. The van der Waals surface area contributed by atoms with Crippen LogP contribution in [0.3, 0.4) is 0 Å². The Morgan fingerprint density at radius 2 is 2.00 bits per heavy atom. The third-order valence-corrected chi connectivity index (χ3v) is 4.25. The molecule has 0 bridgehead atoms. The number of methoxy groups -OCH3 is 1. The largest absolute Gasteiger partial charge is 0.480 e. The van der Waals surface area contributed by atoms with E-state index < -0.39 is 18.8 Å². The molecule has 0 aliphatic rings. The van der Waals surface area contributed by atoms with E-state index >= 15 is 0 Å². The molecule has 0 heterocycles. The standard InChI is InChI=1S/C12H17O4P/c1-16-8-9-6-4-5-7-10(9)11(12(13)14)17(2,3)15/h4-7,11H,8H2,1-3H3,(H,13,14). The highest BCUT2D eigenvalue weighted by molar-refractivity contribution is 7.63. The summed E-state index contributed by atoms with van der Waals surface area (Å²) in [4.78, 5) is 11.3. The van der Waals surface area contributed by atoms with Crippen LogP contribution in [0.15, 0.2) is 24.3 Å². The molecule has 0 fully saturated rings. The molecule has 4 nitrogen and oxygen atoms in total. The quantitative estimate of drug-likeness (QED) is 0.822. The molecule has 0 saturated carbocycles. The van der Waals surface area contributed by atoms with E-state index in [2.05, 4.69) is 0 Å². The lowest BCUT2D eigenvalue weighted by molar-refractivity contribution is -0.136. The number of rotatable bonds is 5. The first-order valence-electron chi connectivity index (χ1n) is 5.22. The third-order valence-electron chi connectivity index (χ3n) is 2.51. The Labute approximate surface area is 101 Å². The Balaban J connectivity index is 3.28. The van der Waals surface area contributed by atoms with E-state index in [1.807, 2.05) is 6.07 Å². The van der Waals surface area contributed by atoms with Crippen LogP contribution in [0.25, 0.3) is 0 Å². The van der Waals surface area contributed by atoms with Gasteiger partial charge in [-0.25, -0.2) is 0 Å². The molecule has 1 aromatic rings. The molecule has 1 N–H and O–H groups in total. The molecular formula is C12H17O4P. The third kappa shape index (κ3) is 3.42. The molecule has 0 amide bonds. The minimum absolute atomic E-state index is 0.319. The van der Waals surface area contributed by atoms with Crippen molar-refractivity contribution in [1.82, 2.24) is 0 Å². The van der Waals surface area contributed by atoms with Crippen molar-refractivity contribution in [3.05, 3.63) is 35.4 Å². The van der Waals surface area contributed by atoms with Crippen LogP contribution in [0.4, 0.5) is 0 Å². The van der Waals surface area contributed by atoms with Crippen LogP contribution in [0.2, 0.25) is 0 Å². The summed E-state index contributed by atoms with van der Waals surface area (Å²) in [5.41, 5.74) is 0.385. The summed E-state index contributed by atoms with van der Waals surface area (Å²) >= 11 is 0. The average molecular weight is 256 g/mol. The average Bonchev–Trinajstić information content (AvgIpc) is 2.18. The van der Waals surface area contributed by atoms with Crippen molar-refractivity contribution in [3.8, 4) is 0 Å². The van der Waals surface area contributed by atoms with Crippen LogP contribution in [0.5, 0.6) is 0 Å². The Kier molecular flexibility index (Phi) is 4.49. The van der Waals surface area contributed by atoms with Gasteiger partial charge in [0.25, 0.3) is 0 Å². The summed E-state index contributed by atoms with van der Waals surface area (Å²) in [6.07, 6.45) is 0. The fourth-order valence-corrected chi connectivity index (χ4v) is 3.28. The monoisotopic (exact) mass is 256 g/mol. The van der Waals surface area contributed by atoms with Gasteiger partial charge in [-0.3, -0.25) is 4.79 Å². The van der Waals surface area contributed by atoms with Gasteiger partial charge in [0.2, 0.25) is 0 Å². The molecule has 1 aromatic carbocycles. The van der Waals surface area contributed by atoms with Gasteiger partial charge in [-0.05, 0) is 24.5 Å². The maximum absolute atomic E-state index is 12.1. The SMILES string of the molecule is COCc1ccccc1C(C(=O)O)P(C)(C)=O. The molecule has 5 heteroatoms. The molecule has 1 atom stereocenters. The normalized spacial score (nSPS) is 13.4.